The summed E-state index contributed by atoms with van der Waals surface area (Å²) in [5.41, 5.74) is -0.422. The Labute approximate surface area is 281 Å². The quantitative estimate of drug-likeness (QED) is 0.256. The van der Waals surface area contributed by atoms with Gasteiger partial charge in [-0.15, -0.1) is 0 Å². The summed E-state index contributed by atoms with van der Waals surface area (Å²) in [6, 6.07) is 3.13. The largest absolute Gasteiger partial charge is 0.477 e. The zero-order valence-electron chi connectivity index (χ0n) is 28.0. The van der Waals surface area contributed by atoms with Crippen LogP contribution >= 0.6 is 11.3 Å². The van der Waals surface area contributed by atoms with Gasteiger partial charge in [-0.1, -0.05) is 24.3 Å². The Balaban J connectivity index is 1.48. The molecule has 0 aliphatic carbocycles. The number of hydrogen-bond acceptors (Lipinski definition) is 10. The van der Waals surface area contributed by atoms with Crippen LogP contribution in [-0.2, 0) is 15.9 Å². The molecule has 3 N–H and O–H groups in total. The number of rotatable bonds is 6. The SMILES string of the molecule is CC1CC(NC(=O)OC(C)(C)C)CN(c2c(NC(=O)c3nc(-c4c(F)cccc4F)sc3NC(=O)OC(C)(C)C)cnc3c2CCO3)C1. The molecule has 2 aliphatic rings. The predicted octanol–water partition coefficient (Wildman–Crippen LogP) is 6.76. The average molecular weight is 687 g/mol. The number of aromatic nitrogens is 2. The number of nitrogens with one attached hydrogen (secondary N) is 3. The summed E-state index contributed by atoms with van der Waals surface area (Å²) < 4.78 is 46.1. The van der Waals surface area contributed by atoms with Gasteiger partial charge in [0.1, 0.15) is 32.8 Å². The normalized spacial score (nSPS) is 17.6. The van der Waals surface area contributed by atoms with Crippen molar-refractivity contribution < 1.29 is 37.4 Å². The van der Waals surface area contributed by atoms with Crippen molar-refractivity contribution in [1.29, 1.82) is 0 Å². The van der Waals surface area contributed by atoms with Gasteiger partial charge in [0.05, 0.1) is 29.7 Å². The number of fused-ring (bicyclic) bond motifs is 1. The number of carbonyl (C=O) groups excluding carboxylic acids is 3. The van der Waals surface area contributed by atoms with Crippen molar-refractivity contribution in [3.05, 3.63) is 47.3 Å². The summed E-state index contributed by atoms with van der Waals surface area (Å²) >= 11 is 0.735. The molecule has 1 fully saturated rings. The van der Waals surface area contributed by atoms with Gasteiger partial charge in [0.25, 0.3) is 5.91 Å². The zero-order chi connectivity index (χ0) is 35.0. The first-order valence-corrected chi connectivity index (χ1v) is 16.4. The van der Waals surface area contributed by atoms with Gasteiger partial charge in [-0.25, -0.2) is 28.3 Å². The highest BCUT2D eigenvalue weighted by Gasteiger charge is 2.34. The maximum Gasteiger partial charge on any atom is 0.412 e. The Hall–Kier alpha value is -4.53. The summed E-state index contributed by atoms with van der Waals surface area (Å²) in [5, 5.41) is 8.14. The number of benzene rings is 1. The standard InChI is InChI=1S/C33H40F2N6O6S/c1-17-13-18(37-30(43)46-32(2,3)4)16-41(15-17)25-19-11-12-45-27(19)36-14-22(25)38-26(42)24-29(40-31(44)47-33(5,6)7)48-28(39-24)23-20(34)9-8-10-21(23)35/h8-10,14,17-18H,11-13,15-16H2,1-7H3,(H,37,43)(H,38,42)(H,40,44). The van der Waals surface area contributed by atoms with Crippen LogP contribution in [0.25, 0.3) is 10.6 Å². The van der Waals surface area contributed by atoms with E-state index in [2.05, 4.69) is 37.7 Å². The van der Waals surface area contributed by atoms with Gasteiger partial charge in [0.2, 0.25) is 5.88 Å². The minimum absolute atomic E-state index is 0.0633. The van der Waals surface area contributed by atoms with E-state index in [1.807, 2.05) is 0 Å². The topological polar surface area (TPSA) is 144 Å². The molecule has 4 heterocycles. The van der Waals surface area contributed by atoms with Gasteiger partial charge in [0.15, 0.2) is 5.69 Å². The van der Waals surface area contributed by atoms with E-state index in [4.69, 9.17) is 14.2 Å². The van der Waals surface area contributed by atoms with Crippen LogP contribution in [0.3, 0.4) is 0 Å². The molecule has 12 nitrogen and oxygen atoms in total. The van der Waals surface area contributed by atoms with E-state index in [-0.39, 0.29) is 27.7 Å². The molecule has 2 aromatic heterocycles. The van der Waals surface area contributed by atoms with E-state index in [1.54, 1.807) is 41.5 Å². The fourth-order valence-corrected chi connectivity index (χ4v) is 6.63. The minimum Gasteiger partial charge on any atom is -0.477 e. The van der Waals surface area contributed by atoms with Crippen molar-refractivity contribution in [2.24, 2.45) is 5.92 Å². The molecular formula is C33H40F2N6O6S. The van der Waals surface area contributed by atoms with Crippen LogP contribution < -0.4 is 25.6 Å². The number of thiazole rings is 1. The number of alkyl carbamates (subject to hydrolysis) is 1. The molecule has 0 spiro atoms. The van der Waals surface area contributed by atoms with E-state index in [9.17, 15) is 23.2 Å². The Morgan fingerprint density at radius 2 is 1.67 bits per heavy atom. The molecule has 48 heavy (non-hydrogen) atoms. The van der Waals surface area contributed by atoms with E-state index in [0.29, 0.717) is 43.4 Å². The molecule has 0 bridgehead atoms. The highest BCUT2D eigenvalue weighted by atomic mass is 32.1. The summed E-state index contributed by atoms with van der Waals surface area (Å²) in [4.78, 5) is 50.1. The number of halogens is 2. The number of carbonyl (C=O) groups is 3. The molecule has 2 aliphatic heterocycles. The molecular weight excluding hydrogens is 646 g/mol. The number of ether oxygens (including phenoxy) is 3. The average Bonchev–Trinajstić information content (AvgIpc) is 3.57. The van der Waals surface area contributed by atoms with Crippen LogP contribution in [0.4, 0.5) is 34.7 Å². The first kappa shape index (κ1) is 34.8. The summed E-state index contributed by atoms with van der Waals surface area (Å²) in [5.74, 6) is -1.90. The lowest BCUT2D eigenvalue weighted by Gasteiger charge is -2.39. The van der Waals surface area contributed by atoms with Crippen LogP contribution in [0, 0.1) is 17.6 Å². The Bertz CT molecular complexity index is 1700. The summed E-state index contributed by atoms with van der Waals surface area (Å²) in [6.07, 6.45) is 1.33. The molecule has 2 unspecified atom stereocenters. The third-order valence-corrected chi connectivity index (χ3v) is 8.27. The van der Waals surface area contributed by atoms with Gasteiger partial charge in [-0.2, -0.15) is 0 Å². The first-order valence-electron chi connectivity index (χ1n) is 15.6. The van der Waals surface area contributed by atoms with Crippen molar-refractivity contribution in [1.82, 2.24) is 15.3 Å². The third-order valence-electron chi connectivity index (χ3n) is 7.28. The fraction of sp³-hybridized carbons (Fsp3) is 0.485. The van der Waals surface area contributed by atoms with Crippen molar-refractivity contribution in [2.75, 3.05) is 35.2 Å². The smallest absolute Gasteiger partial charge is 0.412 e. The molecule has 0 saturated carbocycles. The maximum atomic E-state index is 14.8. The molecule has 2 atom stereocenters. The number of piperidine rings is 1. The van der Waals surface area contributed by atoms with Crippen molar-refractivity contribution in [2.45, 2.75) is 78.6 Å². The fourth-order valence-electron chi connectivity index (χ4n) is 5.64. The van der Waals surface area contributed by atoms with Crippen LogP contribution in [0.15, 0.2) is 24.4 Å². The van der Waals surface area contributed by atoms with Crippen molar-refractivity contribution >= 4 is 45.8 Å². The summed E-state index contributed by atoms with van der Waals surface area (Å²) in [7, 11) is 0. The molecule has 5 rings (SSSR count). The zero-order valence-corrected chi connectivity index (χ0v) is 28.8. The number of nitrogens with zero attached hydrogens (tertiary/aromatic N) is 3. The van der Waals surface area contributed by atoms with Gasteiger partial charge >= 0.3 is 12.2 Å². The molecule has 0 radical (unpaired) electrons. The maximum absolute atomic E-state index is 14.8. The molecule has 1 saturated heterocycles. The van der Waals surface area contributed by atoms with Crippen molar-refractivity contribution in [3.8, 4) is 16.5 Å². The third kappa shape index (κ3) is 8.30. The van der Waals surface area contributed by atoms with E-state index >= 15 is 0 Å². The number of pyridine rings is 1. The molecule has 258 valence electrons. The van der Waals surface area contributed by atoms with E-state index < -0.39 is 46.5 Å². The van der Waals surface area contributed by atoms with Crippen LogP contribution in [0.2, 0.25) is 0 Å². The molecule has 3 aromatic rings. The molecule has 1 aromatic carbocycles. The minimum atomic E-state index is -0.876. The van der Waals surface area contributed by atoms with Crippen LogP contribution in [0.1, 0.15) is 70.9 Å². The molecule has 3 amide bonds. The molecule has 15 heteroatoms. The number of amides is 3. The second kappa shape index (κ2) is 13.5. The number of hydrogen-bond donors (Lipinski definition) is 3. The Kier molecular flexibility index (Phi) is 9.81. The van der Waals surface area contributed by atoms with Crippen molar-refractivity contribution in [3.63, 3.8) is 0 Å². The summed E-state index contributed by atoms with van der Waals surface area (Å²) in [6.45, 7) is 13.9. The lowest BCUT2D eigenvalue weighted by atomic mass is 9.94. The highest BCUT2D eigenvalue weighted by Crippen LogP contribution is 2.41. The predicted molar refractivity (Wildman–Crippen MR) is 178 cm³/mol. The number of anilines is 3. The first-order chi connectivity index (χ1) is 22.5. The lowest BCUT2D eigenvalue weighted by Crippen LogP contribution is -2.51. The van der Waals surface area contributed by atoms with Gasteiger partial charge in [-0.05, 0) is 66.0 Å². The van der Waals surface area contributed by atoms with Gasteiger partial charge in [0, 0.05) is 31.1 Å². The van der Waals surface area contributed by atoms with E-state index in [1.165, 1.54) is 12.3 Å². The van der Waals surface area contributed by atoms with Crippen LogP contribution in [0.5, 0.6) is 5.88 Å². The second-order valence-electron chi connectivity index (χ2n) is 13.9. The Morgan fingerprint density at radius 3 is 2.33 bits per heavy atom. The monoisotopic (exact) mass is 686 g/mol. The van der Waals surface area contributed by atoms with Gasteiger partial charge in [-0.3, -0.25) is 10.1 Å². The van der Waals surface area contributed by atoms with E-state index in [0.717, 1.165) is 35.5 Å². The second-order valence-corrected chi connectivity index (χ2v) is 14.9. The lowest BCUT2D eigenvalue weighted by molar-refractivity contribution is 0.0494. The van der Waals surface area contributed by atoms with Crippen LogP contribution in [-0.4, -0.2) is 65.0 Å². The van der Waals surface area contributed by atoms with Gasteiger partial charge < -0.3 is 29.7 Å². The Morgan fingerprint density at radius 1 is 1.00 bits per heavy atom. The highest BCUT2D eigenvalue weighted by molar-refractivity contribution is 7.19.